The third kappa shape index (κ3) is 4.66. The summed E-state index contributed by atoms with van der Waals surface area (Å²) in [5.74, 6) is -0.389. The highest BCUT2D eigenvalue weighted by molar-refractivity contribution is 7.61. The fraction of sp³-hybridized carbons (Fsp3) is 0.941. The molecule has 1 atom stereocenters. The van der Waals surface area contributed by atoms with Gasteiger partial charge in [0.05, 0.1) is 6.61 Å². The van der Waals surface area contributed by atoms with Crippen molar-refractivity contribution in [2.45, 2.75) is 94.4 Å². The minimum Gasteiger partial charge on any atom is -0.465 e. The zero-order valence-corrected chi connectivity index (χ0v) is 14.6. The summed E-state index contributed by atoms with van der Waals surface area (Å²) in [6.45, 7) is 2.09. The summed E-state index contributed by atoms with van der Waals surface area (Å²) < 4.78 is 5.19. The molecular formula is C17H31O4P. The Morgan fingerprint density at radius 2 is 1.45 bits per heavy atom. The lowest BCUT2D eigenvalue weighted by Crippen LogP contribution is -2.40. The van der Waals surface area contributed by atoms with Crippen molar-refractivity contribution >= 4 is 13.9 Å². The Morgan fingerprint density at radius 3 is 1.82 bits per heavy atom. The van der Waals surface area contributed by atoms with E-state index in [4.69, 9.17) is 4.74 Å². The molecule has 0 saturated heterocycles. The van der Waals surface area contributed by atoms with Crippen LogP contribution in [0.4, 0.5) is 0 Å². The van der Waals surface area contributed by atoms with E-state index >= 15 is 0 Å². The van der Waals surface area contributed by atoms with E-state index in [1.165, 1.54) is 38.5 Å². The van der Waals surface area contributed by atoms with Gasteiger partial charge in [0.1, 0.15) is 5.66 Å². The molecule has 2 rings (SSSR count). The molecule has 0 radical (unpaired) electrons. The Balaban J connectivity index is 2.20. The van der Waals surface area contributed by atoms with Crippen LogP contribution in [0.1, 0.15) is 71.1 Å². The van der Waals surface area contributed by atoms with Crippen molar-refractivity contribution in [3.63, 3.8) is 0 Å². The highest BCUT2D eigenvalue weighted by Crippen LogP contribution is 2.59. The lowest BCUT2D eigenvalue weighted by atomic mass is 9.99. The smallest absolute Gasteiger partial charge is 0.318 e. The van der Waals surface area contributed by atoms with E-state index in [0.29, 0.717) is 17.9 Å². The predicted molar refractivity (Wildman–Crippen MR) is 89.3 cm³/mol. The minimum absolute atomic E-state index is 0.306. The van der Waals surface area contributed by atoms with Crippen LogP contribution in [-0.4, -0.2) is 46.1 Å². The highest BCUT2D eigenvalue weighted by atomic mass is 31.1. The van der Waals surface area contributed by atoms with Crippen molar-refractivity contribution in [3.8, 4) is 0 Å². The van der Waals surface area contributed by atoms with Crippen molar-refractivity contribution in [2.75, 3.05) is 6.61 Å². The molecule has 2 aliphatic carbocycles. The first-order valence-corrected chi connectivity index (χ1v) is 10.5. The molecule has 2 fully saturated rings. The first-order valence-electron chi connectivity index (χ1n) is 8.95. The number of rotatable bonds is 6. The van der Waals surface area contributed by atoms with Gasteiger partial charge in [-0.3, -0.25) is 4.79 Å². The van der Waals surface area contributed by atoms with E-state index in [9.17, 15) is 15.0 Å². The quantitative estimate of drug-likeness (QED) is 0.445. The third-order valence-corrected chi connectivity index (χ3v) is 8.96. The average molecular weight is 330 g/mol. The third-order valence-electron chi connectivity index (χ3n) is 5.12. The molecule has 2 aliphatic rings. The van der Waals surface area contributed by atoms with Crippen LogP contribution < -0.4 is 0 Å². The number of esters is 1. The molecule has 0 heterocycles. The fourth-order valence-electron chi connectivity index (χ4n) is 4.14. The van der Waals surface area contributed by atoms with E-state index in [1.807, 2.05) is 0 Å². The molecule has 0 aromatic carbocycles. The van der Waals surface area contributed by atoms with Crippen LogP contribution in [0, 0.1) is 0 Å². The fourth-order valence-corrected chi connectivity index (χ4v) is 8.19. The Labute approximate surface area is 135 Å². The summed E-state index contributed by atoms with van der Waals surface area (Å²) in [6, 6.07) is 0. The second kappa shape index (κ2) is 9.20. The van der Waals surface area contributed by atoms with Crippen LogP contribution in [0.2, 0.25) is 0 Å². The minimum atomic E-state index is -1.57. The van der Waals surface area contributed by atoms with Crippen LogP contribution in [0.5, 0.6) is 0 Å². The Morgan fingerprint density at radius 1 is 1.00 bits per heavy atom. The topological polar surface area (TPSA) is 66.8 Å². The second-order valence-electron chi connectivity index (χ2n) is 6.64. The van der Waals surface area contributed by atoms with Crippen molar-refractivity contribution < 1.29 is 19.7 Å². The molecule has 4 nitrogen and oxygen atoms in total. The molecule has 0 aliphatic heterocycles. The van der Waals surface area contributed by atoms with Gasteiger partial charge >= 0.3 is 5.97 Å². The van der Waals surface area contributed by atoms with E-state index in [1.54, 1.807) is 6.92 Å². The lowest BCUT2D eigenvalue weighted by Gasteiger charge is -2.42. The summed E-state index contributed by atoms with van der Waals surface area (Å²) in [5.41, 5.74) is 0.298. The molecule has 128 valence electrons. The number of carbonyl (C=O) groups excluding carboxylic acids is 1. The highest BCUT2D eigenvalue weighted by Gasteiger charge is 2.43. The van der Waals surface area contributed by atoms with Crippen molar-refractivity contribution in [3.05, 3.63) is 0 Å². The first-order chi connectivity index (χ1) is 10.6. The maximum absolute atomic E-state index is 12.4. The monoisotopic (exact) mass is 330 g/mol. The summed E-state index contributed by atoms with van der Waals surface area (Å²) in [7, 11) is -0.725. The van der Waals surface area contributed by atoms with Crippen molar-refractivity contribution in [1.82, 2.24) is 0 Å². The molecule has 2 N–H and O–H groups in total. The van der Waals surface area contributed by atoms with Crippen LogP contribution in [0.25, 0.3) is 0 Å². The summed E-state index contributed by atoms with van der Waals surface area (Å²) >= 11 is 0. The number of carbonyl (C=O) groups is 1. The summed E-state index contributed by atoms with van der Waals surface area (Å²) in [4.78, 5) is 12.4. The molecular weight excluding hydrogens is 299 g/mol. The largest absolute Gasteiger partial charge is 0.465 e. The van der Waals surface area contributed by atoms with Gasteiger partial charge in [-0.25, -0.2) is 0 Å². The standard InChI is InChI=1S/C17H31O4P/c1-2-21-17(20)15(16(18)19)22(13-9-5-3-6-10-13)14-11-7-4-8-12-14/h13-16,18-19H,2-12H2,1H3. The normalized spacial score (nSPS) is 23.0. The van der Waals surface area contributed by atoms with Crippen LogP contribution in [0.15, 0.2) is 0 Å². The summed E-state index contributed by atoms with van der Waals surface area (Å²) in [6.07, 6.45) is 10.4. The van der Waals surface area contributed by atoms with E-state index in [2.05, 4.69) is 0 Å². The summed E-state index contributed by atoms with van der Waals surface area (Å²) in [5, 5.41) is 19.8. The molecule has 0 amide bonds. The zero-order valence-electron chi connectivity index (χ0n) is 13.7. The van der Waals surface area contributed by atoms with Gasteiger partial charge in [0.25, 0.3) is 0 Å². The van der Waals surface area contributed by atoms with Crippen molar-refractivity contribution in [1.29, 1.82) is 0 Å². The second-order valence-corrected chi connectivity index (χ2v) is 9.55. The molecule has 5 heteroatoms. The van der Waals surface area contributed by atoms with Gasteiger partial charge in [-0.15, -0.1) is 0 Å². The molecule has 0 aromatic heterocycles. The van der Waals surface area contributed by atoms with Gasteiger partial charge in [0.15, 0.2) is 6.29 Å². The number of aliphatic hydroxyl groups is 2. The maximum atomic E-state index is 12.4. The predicted octanol–water partition coefficient (Wildman–Crippen LogP) is 3.38. The number of hydrogen-bond donors (Lipinski definition) is 2. The molecule has 0 spiro atoms. The van der Waals surface area contributed by atoms with Gasteiger partial charge in [-0.2, -0.15) is 0 Å². The molecule has 22 heavy (non-hydrogen) atoms. The Kier molecular flexibility index (Phi) is 7.59. The van der Waals surface area contributed by atoms with E-state index < -0.39 is 19.9 Å². The van der Waals surface area contributed by atoms with Crippen LogP contribution >= 0.6 is 7.92 Å². The lowest BCUT2D eigenvalue weighted by molar-refractivity contribution is -0.150. The van der Waals surface area contributed by atoms with Crippen molar-refractivity contribution in [2.24, 2.45) is 0 Å². The molecule has 0 bridgehead atoms. The molecule has 1 unspecified atom stereocenters. The van der Waals surface area contributed by atoms with E-state index in [0.717, 1.165) is 25.7 Å². The van der Waals surface area contributed by atoms with Gasteiger partial charge in [0.2, 0.25) is 0 Å². The maximum Gasteiger partial charge on any atom is 0.318 e. The number of hydrogen-bond acceptors (Lipinski definition) is 4. The zero-order chi connectivity index (χ0) is 15.9. The van der Waals surface area contributed by atoms with Crippen LogP contribution in [-0.2, 0) is 9.53 Å². The Hall–Kier alpha value is -0.180. The number of ether oxygens (including phenoxy) is 1. The number of aliphatic hydroxyl groups excluding tert-OH is 1. The SMILES string of the molecule is CCOC(=O)C(C(O)O)P(C1CCCCC1)C1CCCCC1. The van der Waals surface area contributed by atoms with Gasteiger partial charge in [-0.1, -0.05) is 46.4 Å². The first kappa shape index (κ1) is 18.2. The van der Waals surface area contributed by atoms with E-state index in [-0.39, 0.29) is 5.97 Å². The molecule has 2 saturated carbocycles. The van der Waals surface area contributed by atoms with Gasteiger partial charge in [-0.05, 0) is 43.9 Å². The average Bonchev–Trinajstić information content (AvgIpc) is 2.54. The van der Waals surface area contributed by atoms with Gasteiger partial charge in [0, 0.05) is 0 Å². The molecule has 0 aromatic rings. The Bertz CT molecular complexity index is 318. The van der Waals surface area contributed by atoms with Gasteiger partial charge < -0.3 is 14.9 Å². The van der Waals surface area contributed by atoms with Crippen LogP contribution in [0.3, 0.4) is 0 Å².